The summed E-state index contributed by atoms with van der Waals surface area (Å²) < 4.78 is 0. The molecule has 202 valence electrons. The van der Waals surface area contributed by atoms with Crippen LogP contribution in [0.25, 0.3) is 0 Å². The molecule has 2 saturated heterocycles. The van der Waals surface area contributed by atoms with Crippen LogP contribution in [-0.2, 0) is 28.8 Å². The number of fused-ring (bicyclic) bond motifs is 1. The lowest BCUT2D eigenvalue weighted by Crippen LogP contribution is -2.58. The third-order valence-corrected chi connectivity index (χ3v) is 6.75. The van der Waals surface area contributed by atoms with Crippen LogP contribution in [0.1, 0.15) is 33.6 Å². The van der Waals surface area contributed by atoms with Crippen molar-refractivity contribution in [2.75, 3.05) is 44.2 Å². The van der Waals surface area contributed by atoms with E-state index in [9.17, 15) is 28.8 Å². The zero-order chi connectivity index (χ0) is 26.9. The molecule has 7 N–H and O–H groups in total. The molecule has 2 rings (SSSR count). The topological polar surface area (TPSA) is 192 Å². The molecule has 36 heavy (non-hydrogen) atoms. The third kappa shape index (κ3) is 8.66. The first-order valence-corrected chi connectivity index (χ1v) is 13.1. The fraction of sp³-hybridized carbons (Fsp3) is 0.727. The maximum absolute atomic E-state index is 13.4. The number of carbonyl (C=O) groups excluding carboxylic acids is 6. The van der Waals surface area contributed by atoms with E-state index < -0.39 is 53.7 Å². The summed E-state index contributed by atoms with van der Waals surface area (Å²) in [7, 11) is 0. The van der Waals surface area contributed by atoms with E-state index in [-0.39, 0.29) is 37.2 Å². The van der Waals surface area contributed by atoms with Gasteiger partial charge in [-0.1, -0.05) is 20.8 Å². The quantitative estimate of drug-likeness (QED) is 0.208. The molecule has 2 fully saturated rings. The molecule has 6 amide bonds. The van der Waals surface area contributed by atoms with Crippen molar-refractivity contribution >= 4 is 47.2 Å². The zero-order valence-electron chi connectivity index (χ0n) is 21.0. The van der Waals surface area contributed by atoms with E-state index in [1.807, 2.05) is 20.8 Å². The monoisotopic (exact) mass is 527 g/mol. The number of nitrogens with zero attached hydrogens (tertiary/aromatic N) is 1. The van der Waals surface area contributed by atoms with Crippen molar-refractivity contribution < 1.29 is 28.8 Å². The molecule has 13 nitrogen and oxygen atoms in total. The van der Waals surface area contributed by atoms with Crippen LogP contribution in [0.2, 0.25) is 0 Å². The summed E-state index contributed by atoms with van der Waals surface area (Å²) in [5.74, 6) is -2.39. The maximum Gasteiger partial charge on any atom is 0.246 e. The molecule has 0 bridgehead atoms. The molecule has 0 aromatic rings. The molecular formula is C22H37N7O6S. The van der Waals surface area contributed by atoms with Crippen LogP contribution in [0.5, 0.6) is 0 Å². The van der Waals surface area contributed by atoms with E-state index in [0.717, 1.165) is 0 Å². The summed E-state index contributed by atoms with van der Waals surface area (Å²) in [6.45, 7) is 5.17. The van der Waals surface area contributed by atoms with E-state index in [0.29, 0.717) is 25.1 Å². The Morgan fingerprint density at radius 1 is 0.917 bits per heavy atom. The van der Waals surface area contributed by atoms with Gasteiger partial charge in [0.1, 0.15) is 18.1 Å². The fourth-order valence-corrected chi connectivity index (χ4v) is 4.52. The lowest BCUT2D eigenvalue weighted by Gasteiger charge is -2.35. The number of hydrogen-bond donors (Lipinski definition) is 6. The first-order chi connectivity index (χ1) is 16.9. The van der Waals surface area contributed by atoms with Crippen molar-refractivity contribution in [3.8, 4) is 0 Å². The molecule has 2 heterocycles. The van der Waals surface area contributed by atoms with Crippen LogP contribution >= 0.6 is 11.8 Å². The largest absolute Gasteiger partial charge is 0.353 e. The highest BCUT2D eigenvalue weighted by Crippen LogP contribution is 2.26. The first-order valence-electron chi connectivity index (χ1n) is 11.9. The van der Waals surface area contributed by atoms with E-state index in [2.05, 4.69) is 26.6 Å². The number of nitrogens with one attached hydrogen (secondary N) is 5. The van der Waals surface area contributed by atoms with Crippen molar-refractivity contribution in [3.05, 3.63) is 0 Å². The molecule has 14 heteroatoms. The standard InChI is InChI=1S/C22H37N7O6S/c1-22(2,3)18-21(35)29-7-4-5-14(29)20(34)26-10-15(30)25-11-16(31)27-13(9-23)19(33)24-6-8-36-12-17(32)28-18/h13-14,18H,4-12,23H2,1-3H3,(H,24,33)(H,25,30)(H,26,34)(H,27,31)(H,28,32)/t13-,14+,18-/m1/s1. The van der Waals surface area contributed by atoms with Crippen molar-refractivity contribution in [1.29, 1.82) is 0 Å². The van der Waals surface area contributed by atoms with E-state index in [1.54, 1.807) is 0 Å². The van der Waals surface area contributed by atoms with E-state index >= 15 is 0 Å². The van der Waals surface area contributed by atoms with E-state index in [4.69, 9.17) is 5.73 Å². The highest BCUT2D eigenvalue weighted by molar-refractivity contribution is 7.99. The van der Waals surface area contributed by atoms with Gasteiger partial charge in [0, 0.05) is 25.4 Å². The molecule has 0 aromatic heterocycles. The van der Waals surface area contributed by atoms with Gasteiger partial charge in [-0.05, 0) is 18.3 Å². The average Bonchev–Trinajstić information content (AvgIpc) is 3.31. The van der Waals surface area contributed by atoms with Gasteiger partial charge in [0.15, 0.2) is 0 Å². The van der Waals surface area contributed by atoms with Crippen LogP contribution in [0, 0.1) is 5.41 Å². The summed E-state index contributed by atoms with van der Waals surface area (Å²) in [5.41, 5.74) is 4.98. The molecule has 0 saturated carbocycles. The number of nitrogens with two attached hydrogens (primary N) is 1. The SMILES string of the molecule is CC(C)(C)[C@@H]1NC(=O)CSCCNC(=O)[C@@H](CN)NC(=O)CNC(=O)CNC(=O)[C@@H]2CCCN2C1=O. The molecule has 0 spiro atoms. The van der Waals surface area contributed by atoms with Gasteiger partial charge in [0.2, 0.25) is 35.4 Å². The summed E-state index contributed by atoms with van der Waals surface area (Å²) in [6, 6.07) is -2.59. The lowest BCUT2D eigenvalue weighted by atomic mass is 9.85. The number of amides is 6. The fourth-order valence-electron chi connectivity index (χ4n) is 3.86. The Morgan fingerprint density at radius 3 is 2.28 bits per heavy atom. The second-order valence-corrected chi connectivity index (χ2v) is 10.9. The predicted octanol–water partition coefficient (Wildman–Crippen LogP) is -2.95. The minimum absolute atomic E-state index is 0.0739. The van der Waals surface area contributed by atoms with Gasteiger partial charge in [-0.3, -0.25) is 28.8 Å². The first kappa shape index (κ1) is 29.4. The maximum atomic E-state index is 13.4. The van der Waals surface area contributed by atoms with Gasteiger partial charge in [0.25, 0.3) is 0 Å². The Balaban J connectivity index is 2.17. The molecule has 0 aliphatic carbocycles. The Hall–Kier alpha value is -2.87. The molecule has 2 aliphatic rings. The second kappa shape index (κ2) is 13.4. The van der Waals surface area contributed by atoms with Gasteiger partial charge >= 0.3 is 0 Å². The van der Waals surface area contributed by atoms with Crippen molar-refractivity contribution in [3.63, 3.8) is 0 Å². The minimum atomic E-state index is -0.983. The van der Waals surface area contributed by atoms with Crippen LogP contribution in [0.15, 0.2) is 0 Å². The Labute approximate surface area is 214 Å². The van der Waals surface area contributed by atoms with Gasteiger partial charge in [-0.2, -0.15) is 11.8 Å². The van der Waals surface area contributed by atoms with Crippen LogP contribution in [-0.4, -0.2) is 103 Å². The number of carbonyl (C=O) groups is 6. The highest BCUT2D eigenvalue weighted by Gasteiger charge is 2.41. The smallest absolute Gasteiger partial charge is 0.246 e. The number of thioether (sulfide) groups is 1. The minimum Gasteiger partial charge on any atom is -0.353 e. The molecule has 0 unspecified atom stereocenters. The number of rotatable bonds is 1. The third-order valence-electron chi connectivity index (χ3n) is 5.79. The summed E-state index contributed by atoms with van der Waals surface area (Å²) in [5, 5.41) is 12.8. The Morgan fingerprint density at radius 2 is 1.61 bits per heavy atom. The van der Waals surface area contributed by atoms with Crippen molar-refractivity contribution in [1.82, 2.24) is 31.5 Å². The molecule has 0 aromatic carbocycles. The average molecular weight is 528 g/mol. The lowest BCUT2D eigenvalue weighted by molar-refractivity contribution is -0.143. The molecule has 0 radical (unpaired) electrons. The van der Waals surface area contributed by atoms with Gasteiger partial charge in [-0.25, -0.2) is 0 Å². The Bertz CT molecular complexity index is 862. The normalized spacial score (nSPS) is 26.6. The summed E-state index contributed by atoms with van der Waals surface area (Å²) in [4.78, 5) is 76.8. The van der Waals surface area contributed by atoms with Crippen LogP contribution < -0.4 is 32.3 Å². The summed E-state index contributed by atoms with van der Waals surface area (Å²) >= 11 is 1.28. The van der Waals surface area contributed by atoms with Gasteiger partial charge < -0.3 is 37.2 Å². The van der Waals surface area contributed by atoms with Gasteiger partial charge in [-0.15, -0.1) is 0 Å². The highest BCUT2D eigenvalue weighted by atomic mass is 32.2. The second-order valence-electron chi connectivity index (χ2n) is 9.75. The van der Waals surface area contributed by atoms with Gasteiger partial charge in [0.05, 0.1) is 18.8 Å². The van der Waals surface area contributed by atoms with Crippen LogP contribution in [0.4, 0.5) is 0 Å². The molecule has 2 aliphatic heterocycles. The van der Waals surface area contributed by atoms with Crippen molar-refractivity contribution in [2.24, 2.45) is 11.1 Å². The zero-order valence-corrected chi connectivity index (χ0v) is 21.8. The van der Waals surface area contributed by atoms with Crippen LogP contribution in [0.3, 0.4) is 0 Å². The Kier molecular flexibility index (Phi) is 11.0. The molecular weight excluding hydrogens is 490 g/mol. The van der Waals surface area contributed by atoms with Crippen molar-refractivity contribution in [2.45, 2.75) is 51.7 Å². The predicted molar refractivity (Wildman–Crippen MR) is 133 cm³/mol. The van der Waals surface area contributed by atoms with E-state index in [1.165, 1.54) is 16.7 Å². The molecule has 3 atom stereocenters. The summed E-state index contributed by atoms with van der Waals surface area (Å²) in [6.07, 6.45) is 1.05. The number of hydrogen-bond acceptors (Lipinski definition) is 8.